The van der Waals surface area contributed by atoms with Gasteiger partial charge in [-0.1, -0.05) is 121 Å². The molecule has 1 heterocycles. The van der Waals surface area contributed by atoms with Crippen LogP contribution < -0.4 is 0 Å². The van der Waals surface area contributed by atoms with Crippen LogP contribution in [0.4, 0.5) is 0 Å². The van der Waals surface area contributed by atoms with Crippen molar-refractivity contribution in [1.82, 2.24) is 0 Å². The number of benzene rings is 8. The third-order valence-corrected chi connectivity index (χ3v) is 8.39. The maximum atomic E-state index is 6.37. The van der Waals surface area contributed by atoms with Gasteiger partial charge in [-0.15, -0.1) is 0 Å². The topological polar surface area (TPSA) is 13.1 Å². The molecule has 0 amide bonds. The number of furan rings is 1. The van der Waals surface area contributed by atoms with Gasteiger partial charge in [-0.05, 0) is 77.5 Å². The maximum Gasteiger partial charge on any atom is 0.136 e. The fraction of sp³-hybridized carbons (Fsp3) is 0. The van der Waals surface area contributed by atoms with E-state index < -0.39 is 0 Å². The van der Waals surface area contributed by atoms with E-state index in [0.29, 0.717) is 0 Å². The normalized spacial score (nSPS) is 12.1. The summed E-state index contributed by atoms with van der Waals surface area (Å²) >= 11 is 0. The van der Waals surface area contributed by atoms with E-state index in [-0.39, 0.29) is 0 Å². The molecule has 0 unspecified atom stereocenters. The number of hydrogen-bond donors (Lipinski definition) is 0. The Morgan fingerprint density at radius 3 is 1.74 bits per heavy atom. The van der Waals surface area contributed by atoms with E-state index in [9.17, 15) is 0 Å². The van der Waals surface area contributed by atoms with Crippen LogP contribution in [-0.4, -0.2) is 0 Å². The van der Waals surface area contributed by atoms with Crippen LogP contribution in [0.25, 0.3) is 87.3 Å². The Bertz CT molecular complexity index is 2320. The molecule has 180 valence electrons. The molecule has 9 rings (SSSR count). The Kier molecular flexibility index (Phi) is 4.11. The lowest BCUT2D eigenvalue weighted by Crippen LogP contribution is -1.92. The van der Waals surface area contributed by atoms with Gasteiger partial charge in [-0.3, -0.25) is 0 Å². The van der Waals surface area contributed by atoms with Gasteiger partial charge < -0.3 is 4.42 Å². The number of fused-ring (bicyclic) bond motifs is 4. The van der Waals surface area contributed by atoms with E-state index >= 15 is 0 Å². The molecule has 0 spiro atoms. The Labute approximate surface area is 224 Å². The van der Waals surface area contributed by atoms with Crippen molar-refractivity contribution in [1.29, 1.82) is 0 Å². The summed E-state index contributed by atoms with van der Waals surface area (Å²) in [5, 5.41) is 12.5. The largest absolute Gasteiger partial charge is 0.456 e. The molecule has 0 aliphatic heterocycles. The van der Waals surface area contributed by atoms with Gasteiger partial charge in [0.15, 0.2) is 0 Å². The molecular weight excluding hydrogens is 472 g/mol. The van der Waals surface area contributed by atoms with Crippen molar-refractivity contribution in [3.63, 3.8) is 0 Å². The van der Waals surface area contributed by atoms with Crippen LogP contribution in [0, 0.1) is 0 Å². The van der Waals surface area contributed by atoms with E-state index in [1.165, 1.54) is 76.1 Å². The molecule has 0 atom stereocenters. The first-order valence-corrected chi connectivity index (χ1v) is 13.4. The highest BCUT2D eigenvalue weighted by atomic mass is 16.3. The van der Waals surface area contributed by atoms with E-state index in [1.807, 2.05) is 0 Å². The summed E-state index contributed by atoms with van der Waals surface area (Å²) in [6.45, 7) is 0. The second-order valence-electron chi connectivity index (χ2n) is 10.4. The summed E-state index contributed by atoms with van der Waals surface area (Å²) in [5.41, 5.74) is 6.99. The zero-order valence-corrected chi connectivity index (χ0v) is 21.1. The first kappa shape index (κ1) is 20.9. The molecule has 0 aliphatic carbocycles. The molecule has 0 radical (unpaired) electrons. The summed E-state index contributed by atoms with van der Waals surface area (Å²) in [5.74, 6) is 0. The van der Waals surface area contributed by atoms with Crippen LogP contribution >= 0.6 is 0 Å². The van der Waals surface area contributed by atoms with E-state index in [2.05, 4.69) is 133 Å². The Balaban J connectivity index is 1.50. The Hall–Kier alpha value is -5.14. The second kappa shape index (κ2) is 7.69. The summed E-state index contributed by atoms with van der Waals surface area (Å²) in [6, 6.07) is 48.3. The van der Waals surface area contributed by atoms with Gasteiger partial charge in [0, 0.05) is 10.8 Å². The zero-order chi connectivity index (χ0) is 25.5. The summed E-state index contributed by atoms with van der Waals surface area (Å²) < 4.78 is 6.37. The molecule has 1 heteroatoms. The molecule has 0 aliphatic rings. The number of rotatable bonds is 2. The molecule has 0 bridgehead atoms. The monoisotopic (exact) mass is 494 g/mol. The van der Waals surface area contributed by atoms with Crippen molar-refractivity contribution < 1.29 is 4.42 Å². The minimum atomic E-state index is 0.952. The average molecular weight is 495 g/mol. The third-order valence-electron chi connectivity index (χ3n) is 8.39. The number of hydrogen-bond acceptors (Lipinski definition) is 1. The van der Waals surface area contributed by atoms with Gasteiger partial charge >= 0.3 is 0 Å². The lowest BCUT2D eigenvalue weighted by Gasteiger charge is -2.19. The minimum absolute atomic E-state index is 0.952. The highest BCUT2D eigenvalue weighted by molar-refractivity contribution is 6.32. The van der Waals surface area contributed by atoms with Crippen LogP contribution in [-0.2, 0) is 0 Å². The summed E-state index contributed by atoms with van der Waals surface area (Å²) in [4.78, 5) is 0. The molecule has 0 N–H and O–H groups in total. The van der Waals surface area contributed by atoms with Crippen molar-refractivity contribution in [3.8, 4) is 22.3 Å². The van der Waals surface area contributed by atoms with Crippen molar-refractivity contribution in [2.45, 2.75) is 0 Å². The SMILES string of the molecule is c1ccc(-c2c3ccccc3c(-c3cccc4cc5oc6cccc7ccc(c34)c5c76)c3ccccc23)cc1. The van der Waals surface area contributed by atoms with Crippen LogP contribution in [0.15, 0.2) is 138 Å². The van der Waals surface area contributed by atoms with Crippen LogP contribution in [0.1, 0.15) is 0 Å². The van der Waals surface area contributed by atoms with Gasteiger partial charge in [-0.25, -0.2) is 0 Å². The minimum Gasteiger partial charge on any atom is -0.456 e. The molecule has 9 aromatic rings. The fourth-order valence-corrected chi connectivity index (χ4v) is 6.84. The first-order chi connectivity index (χ1) is 19.4. The molecular formula is C38H22O. The Morgan fingerprint density at radius 1 is 0.359 bits per heavy atom. The van der Waals surface area contributed by atoms with Crippen LogP contribution in [0.2, 0.25) is 0 Å². The maximum absolute atomic E-state index is 6.37. The van der Waals surface area contributed by atoms with E-state index in [4.69, 9.17) is 4.42 Å². The predicted octanol–water partition coefficient (Wildman–Crippen LogP) is 11.0. The van der Waals surface area contributed by atoms with Gasteiger partial charge in [0.1, 0.15) is 11.2 Å². The van der Waals surface area contributed by atoms with Crippen molar-refractivity contribution in [2.24, 2.45) is 0 Å². The second-order valence-corrected chi connectivity index (χ2v) is 10.4. The van der Waals surface area contributed by atoms with Crippen LogP contribution in [0.3, 0.4) is 0 Å². The molecule has 0 fully saturated rings. The highest BCUT2D eigenvalue weighted by Gasteiger charge is 2.21. The van der Waals surface area contributed by atoms with Gasteiger partial charge in [-0.2, -0.15) is 0 Å². The van der Waals surface area contributed by atoms with Crippen molar-refractivity contribution in [3.05, 3.63) is 133 Å². The molecule has 39 heavy (non-hydrogen) atoms. The highest BCUT2D eigenvalue weighted by Crippen LogP contribution is 2.48. The van der Waals surface area contributed by atoms with Gasteiger partial charge in [0.2, 0.25) is 0 Å². The first-order valence-electron chi connectivity index (χ1n) is 13.4. The molecule has 1 aromatic heterocycles. The standard InChI is InChI=1S/C38H22O/c1-2-10-23(11-3-1)34-26-14-4-6-16-28(26)37(29-17-7-5-15-27(29)34)30-18-8-13-25-22-33-38-31(35(25)30)21-20-24-12-9-19-32(39-33)36(24)38/h1-22H. The molecule has 1 nitrogen and oxygen atoms in total. The quantitative estimate of drug-likeness (QED) is 0.172. The van der Waals surface area contributed by atoms with E-state index in [1.54, 1.807) is 0 Å². The average Bonchev–Trinajstić information content (AvgIpc) is 3.37. The van der Waals surface area contributed by atoms with Crippen molar-refractivity contribution >= 4 is 65.0 Å². The summed E-state index contributed by atoms with van der Waals surface area (Å²) in [6.07, 6.45) is 0. The van der Waals surface area contributed by atoms with Crippen molar-refractivity contribution in [2.75, 3.05) is 0 Å². The Morgan fingerprint density at radius 2 is 1.00 bits per heavy atom. The molecule has 8 aromatic carbocycles. The molecule has 0 saturated heterocycles. The van der Waals surface area contributed by atoms with E-state index in [0.717, 1.165) is 11.2 Å². The lowest BCUT2D eigenvalue weighted by molar-refractivity contribution is 0.670. The predicted molar refractivity (Wildman–Crippen MR) is 166 cm³/mol. The summed E-state index contributed by atoms with van der Waals surface area (Å²) in [7, 11) is 0. The molecule has 0 saturated carbocycles. The lowest BCUT2D eigenvalue weighted by atomic mass is 9.84. The third kappa shape index (κ3) is 2.79. The van der Waals surface area contributed by atoms with Gasteiger partial charge in [0.25, 0.3) is 0 Å². The zero-order valence-electron chi connectivity index (χ0n) is 21.1. The smallest absolute Gasteiger partial charge is 0.136 e. The fourth-order valence-electron chi connectivity index (χ4n) is 6.84. The van der Waals surface area contributed by atoms with Gasteiger partial charge in [0.05, 0.1) is 0 Å². The van der Waals surface area contributed by atoms with Crippen LogP contribution in [0.5, 0.6) is 0 Å².